The molecule has 0 unspecified atom stereocenters. The third-order valence-corrected chi connectivity index (χ3v) is 16.0. The molecule has 13 rings (SSSR count). The van der Waals surface area contributed by atoms with Crippen molar-refractivity contribution in [1.29, 1.82) is 0 Å². The molecule has 6 aromatic carbocycles. The zero-order chi connectivity index (χ0) is 81.1. The summed E-state index contributed by atoms with van der Waals surface area (Å²) in [6.07, 6.45) is 8.05. The maximum atomic E-state index is 16.5. The van der Waals surface area contributed by atoms with Crippen molar-refractivity contribution in [2.45, 2.75) is 0 Å². The number of nitrogens with zero attached hydrogens (tertiary/aromatic N) is 2. The van der Waals surface area contributed by atoms with Crippen LogP contribution in [0.3, 0.4) is 0 Å². The summed E-state index contributed by atoms with van der Waals surface area (Å²) in [5.41, 5.74) is -32.8. The van der Waals surface area contributed by atoms with Crippen LogP contribution in [0.2, 0.25) is 0 Å². The van der Waals surface area contributed by atoms with Gasteiger partial charge in [-0.3, -0.25) is 8.42 Å². The number of benzene rings is 6. The van der Waals surface area contributed by atoms with Gasteiger partial charge < -0.3 is 19.9 Å². The van der Waals surface area contributed by atoms with Crippen LogP contribution in [0, 0.1) is 175 Å². The molecule has 40 heteroatoms. The van der Waals surface area contributed by atoms with Gasteiger partial charge in [-0.25, -0.2) is 142 Å². The van der Waals surface area contributed by atoms with Crippen molar-refractivity contribution in [3.05, 3.63) is 336 Å². The van der Waals surface area contributed by atoms with E-state index in [0.29, 0.717) is 72.8 Å². The molecule has 0 radical (unpaired) electrons. The normalized spacial score (nSPS) is 13.7. The predicted molar refractivity (Wildman–Crippen MR) is 332 cm³/mol. The molecular formula is C70H28F30N6O2S2. The molecule has 3 aliphatic heterocycles. The van der Waals surface area contributed by atoms with Crippen LogP contribution in [-0.4, -0.2) is 64.8 Å². The van der Waals surface area contributed by atoms with Crippen LogP contribution in [0.4, 0.5) is 132 Å². The Morgan fingerprint density at radius 1 is 0.209 bits per heavy atom. The van der Waals surface area contributed by atoms with E-state index < -0.39 is 330 Å². The molecule has 0 spiro atoms. The lowest BCUT2D eigenvalue weighted by molar-refractivity contribution is 0.376. The van der Waals surface area contributed by atoms with Gasteiger partial charge in [0.05, 0.1) is 56.2 Å². The molecule has 0 fully saturated rings. The lowest BCUT2D eigenvalue weighted by Gasteiger charge is -2.15. The van der Waals surface area contributed by atoms with Crippen LogP contribution < -0.4 is 21.4 Å². The Balaban J connectivity index is 0.00000143. The fourth-order valence-corrected chi connectivity index (χ4v) is 11.4. The summed E-state index contributed by atoms with van der Waals surface area (Å²) >= 11 is 0. The SMILES string of the molecule is CS(C)=O.CS(C)=O.Fc1c(F)c(F)c(C2=C3C=CC(=N3)C(c3c(F)c(F)c(F)c(F)c3F)=c3ccc([nH]3)=C(c3c(F)c(F)c(F)c(F)c3F)c3ccc([nH]3)C(c3c(F)c(F)c(F)c(F)c3F)=C3C=CC(=N3)C(c3c(F)c(F)c(F)c(F)c3F)=c3ccc([nH]3)=C(c3c(F)c(F)c(F)c(F)c3F)c3ccc2[nH]3)c(F)c1F. The minimum atomic E-state index is -2.91. The van der Waals surface area contributed by atoms with Gasteiger partial charge in [0.1, 0.15) is 0 Å². The first-order valence-electron chi connectivity index (χ1n) is 29.5. The third-order valence-electron chi connectivity index (χ3n) is 16.0. The molecule has 8 nitrogen and oxygen atoms in total. The van der Waals surface area contributed by atoms with Gasteiger partial charge in [0, 0.05) is 124 Å². The van der Waals surface area contributed by atoms with Crippen molar-refractivity contribution < 1.29 is 140 Å². The molecule has 4 aromatic heterocycles. The van der Waals surface area contributed by atoms with E-state index in [0.717, 1.165) is 0 Å². The topological polar surface area (TPSA) is 122 Å². The van der Waals surface area contributed by atoms with E-state index >= 15 is 105 Å². The Kier molecular flexibility index (Phi) is 21.5. The molecule has 10 aromatic rings. The summed E-state index contributed by atoms with van der Waals surface area (Å²) < 4.78 is 492. The highest BCUT2D eigenvalue weighted by Gasteiger charge is 2.39. The van der Waals surface area contributed by atoms with Gasteiger partial charge in [-0.05, 0) is 72.8 Å². The zero-order valence-corrected chi connectivity index (χ0v) is 55.4. The molecule has 110 heavy (non-hydrogen) atoms. The molecule has 0 saturated carbocycles. The number of fused-ring (bicyclic) bond motifs is 10. The number of aliphatic imine (C=N–C) groups is 2. The average molecular weight is 1620 g/mol. The summed E-state index contributed by atoms with van der Waals surface area (Å²) in [5, 5.41) is -4.99. The van der Waals surface area contributed by atoms with Crippen LogP contribution in [0.5, 0.6) is 0 Å². The molecule has 572 valence electrons. The average Bonchev–Trinajstić information content (AvgIpc) is 1.57. The van der Waals surface area contributed by atoms with Crippen molar-refractivity contribution in [3.63, 3.8) is 0 Å². The highest BCUT2D eigenvalue weighted by atomic mass is 32.2. The standard InChI is InChI=1S/C66H16F30N6.2C2H6OS/c67-37-31(38(68)50(80)61(91)49(37)79)25-13-1-2-14(97-13)26(32-39(69)51(81)62(92)52(82)40(32)70)16-5-6-18(99-16)28(34-43(73)55(85)64(94)56(86)44(34)74)20-9-10-22(101-20)30(36-47(77)59(89)66(96)60(90)48(36)78)24-12-11-23(102-24)29(35-45(75)57(87)65(95)58(88)46(35)76)21-8-7-19(100-21)27(17-4-3-15(25)98-17)33-41(71)53(83)63(93)54(84)42(33)72;2*1-4(2)3/h1-12,97-98,101-102H;2*1-2H3. The minimum Gasteiger partial charge on any atom is -0.354 e. The first-order chi connectivity index (χ1) is 51.6. The third kappa shape index (κ3) is 13.1. The second-order valence-corrected chi connectivity index (χ2v) is 25.9. The van der Waals surface area contributed by atoms with E-state index in [1.54, 1.807) is 25.0 Å². The number of rotatable bonds is 6. The lowest BCUT2D eigenvalue weighted by Crippen LogP contribution is -2.23. The van der Waals surface area contributed by atoms with Gasteiger partial charge in [0.15, 0.2) is 140 Å². The van der Waals surface area contributed by atoms with Gasteiger partial charge in [0.25, 0.3) is 0 Å². The summed E-state index contributed by atoms with van der Waals surface area (Å²) in [6, 6.07) is 3.27. The molecule has 3 aliphatic rings. The number of hydrogen-bond donors (Lipinski definition) is 4. The van der Waals surface area contributed by atoms with Crippen molar-refractivity contribution in [1.82, 2.24) is 19.9 Å². The van der Waals surface area contributed by atoms with Gasteiger partial charge in [-0.15, -0.1) is 0 Å². The van der Waals surface area contributed by atoms with Gasteiger partial charge in [-0.1, -0.05) is 0 Å². The minimum absolute atomic E-state index is 0.373. The molecule has 0 atom stereocenters. The van der Waals surface area contributed by atoms with E-state index in [-0.39, 0.29) is 0 Å². The van der Waals surface area contributed by atoms with Crippen molar-refractivity contribution >= 4 is 66.5 Å². The Morgan fingerprint density at radius 2 is 0.364 bits per heavy atom. The highest BCUT2D eigenvalue weighted by Crippen LogP contribution is 2.43. The Labute approximate surface area is 595 Å². The van der Waals surface area contributed by atoms with Crippen LogP contribution in [0.25, 0.3) is 33.4 Å². The van der Waals surface area contributed by atoms with Crippen LogP contribution >= 0.6 is 0 Å². The first-order valence-corrected chi connectivity index (χ1v) is 33.4. The maximum Gasteiger partial charge on any atom is 0.200 e. The van der Waals surface area contributed by atoms with Gasteiger partial charge in [0.2, 0.25) is 34.9 Å². The predicted octanol–water partition coefficient (Wildman–Crippen LogP) is 15.3. The smallest absolute Gasteiger partial charge is 0.200 e. The van der Waals surface area contributed by atoms with Gasteiger partial charge >= 0.3 is 0 Å². The van der Waals surface area contributed by atoms with Crippen LogP contribution in [0.15, 0.2) is 94.2 Å². The van der Waals surface area contributed by atoms with E-state index in [1.807, 2.05) is 0 Å². The van der Waals surface area contributed by atoms with Crippen molar-refractivity contribution in [3.8, 4) is 0 Å². The number of allylic oxidation sites excluding steroid dienone is 4. The number of nitrogens with one attached hydrogen (secondary N) is 4. The molecular weight excluding hydrogens is 1590 g/mol. The summed E-state index contributed by atoms with van der Waals surface area (Å²) in [4.78, 5) is 16.2. The largest absolute Gasteiger partial charge is 0.354 e. The zero-order valence-electron chi connectivity index (χ0n) is 53.8. The van der Waals surface area contributed by atoms with E-state index in [1.165, 1.54) is 0 Å². The van der Waals surface area contributed by atoms with E-state index in [4.69, 9.17) is 0 Å². The molecule has 0 amide bonds. The summed E-state index contributed by atoms with van der Waals surface area (Å²) in [5.74, 6) is -85.7. The molecule has 7 heterocycles. The lowest BCUT2D eigenvalue weighted by atomic mass is 9.98. The number of hydrogen-bond acceptors (Lipinski definition) is 4. The van der Waals surface area contributed by atoms with Crippen molar-refractivity contribution in [2.75, 3.05) is 25.0 Å². The fourth-order valence-electron chi connectivity index (χ4n) is 11.4. The summed E-state index contributed by atoms with van der Waals surface area (Å²) in [7, 11) is -1.22. The number of aromatic amines is 4. The Morgan fingerprint density at radius 3 is 0.564 bits per heavy atom. The Hall–Kier alpha value is -11.6. The van der Waals surface area contributed by atoms with Crippen LogP contribution in [-0.2, 0) is 21.6 Å². The number of aromatic nitrogens is 4. The second kappa shape index (κ2) is 29.8. The summed E-state index contributed by atoms with van der Waals surface area (Å²) in [6.45, 7) is 0. The van der Waals surface area contributed by atoms with Crippen molar-refractivity contribution in [2.24, 2.45) is 9.98 Å². The second-order valence-electron chi connectivity index (χ2n) is 23.0. The monoisotopic (exact) mass is 1620 g/mol. The van der Waals surface area contributed by atoms with Gasteiger partial charge in [-0.2, -0.15) is 0 Å². The Bertz CT molecular complexity index is 5720. The van der Waals surface area contributed by atoms with E-state index in [2.05, 4.69) is 29.9 Å². The van der Waals surface area contributed by atoms with E-state index in [9.17, 15) is 34.8 Å². The maximum absolute atomic E-state index is 16.5. The number of H-pyrrole nitrogens is 4. The highest BCUT2D eigenvalue weighted by molar-refractivity contribution is 7.83. The molecule has 0 saturated heterocycles. The number of halogens is 30. The molecule has 4 N–H and O–H groups in total. The quantitative estimate of drug-likeness (QED) is 0.0753. The first kappa shape index (κ1) is 79.5. The molecule has 0 aliphatic carbocycles. The van der Waals surface area contributed by atoms with Crippen LogP contribution in [0.1, 0.15) is 56.2 Å². The fraction of sp³-hybridized carbons (Fsp3) is 0.0571. The molecule has 12 bridgehead atoms.